The van der Waals surface area contributed by atoms with Gasteiger partial charge in [0, 0.05) is 13.0 Å². The van der Waals surface area contributed by atoms with E-state index in [0.29, 0.717) is 25.1 Å². The summed E-state index contributed by atoms with van der Waals surface area (Å²) in [4.78, 5) is 11.7. The number of rotatable bonds is 3. The highest BCUT2D eigenvalue weighted by molar-refractivity contribution is 5.91. The molecular formula is C14H19FN2O. The highest BCUT2D eigenvalue weighted by Gasteiger charge is 2.17. The molecule has 1 aliphatic rings. The van der Waals surface area contributed by atoms with Crippen LogP contribution in [0.25, 0.3) is 0 Å². The Morgan fingerprint density at radius 1 is 1.50 bits per heavy atom. The molecule has 0 fully saturated rings. The van der Waals surface area contributed by atoms with Crippen molar-refractivity contribution in [2.24, 2.45) is 5.92 Å². The fourth-order valence-electron chi connectivity index (χ4n) is 2.20. The number of carbonyl (C=O) groups is 1. The van der Waals surface area contributed by atoms with Gasteiger partial charge in [-0.2, -0.15) is 0 Å². The van der Waals surface area contributed by atoms with Gasteiger partial charge in [-0.25, -0.2) is 4.39 Å². The van der Waals surface area contributed by atoms with E-state index < -0.39 is 0 Å². The summed E-state index contributed by atoms with van der Waals surface area (Å²) in [6, 6.07) is 3.54. The normalized spacial score (nSPS) is 14.4. The Bertz CT molecular complexity index is 457. The van der Waals surface area contributed by atoms with Crippen LogP contribution in [0.15, 0.2) is 12.1 Å². The van der Waals surface area contributed by atoms with E-state index in [1.54, 1.807) is 6.07 Å². The summed E-state index contributed by atoms with van der Waals surface area (Å²) >= 11 is 0. The lowest BCUT2D eigenvalue weighted by Crippen LogP contribution is -2.25. The van der Waals surface area contributed by atoms with E-state index in [1.807, 2.05) is 19.9 Å². The fraction of sp³-hybridized carbons (Fsp3) is 0.500. The average molecular weight is 250 g/mol. The Morgan fingerprint density at radius 3 is 3.00 bits per heavy atom. The molecule has 98 valence electrons. The van der Waals surface area contributed by atoms with Crippen LogP contribution in [0.5, 0.6) is 0 Å². The summed E-state index contributed by atoms with van der Waals surface area (Å²) in [6.45, 7) is 5.42. The average Bonchev–Trinajstić information content (AvgIpc) is 2.32. The van der Waals surface area contributed by atoms with Crippen molar-refractivity contribution in [3.8, 4) is 0 Å². The molecule has 0 unspecified atom stereocenters. The summed E-state index contributed by atoms with van der Waals surface area (Å²) in [5.41, 5.74) is 2.03. The topological polar surface area (TPSA) is 41.1 Å². The molecule has 0 radical (unpaired) electrons. The minimum Gasteiger partial charge on any atom is -0.324 e. The second-order valence-corrected chi connectivity index (χ2v) is 5.14. The van der Waals surface area contributed by atoms with Crippen molar-refractivity contribution in [3.63, 3.8) is 0 Å². The Hall–Kier alpha value is -1.42. The molecule has 1 heterocycles. The molecule has 2 N–H and O–H groups in total. The molecule has 0 aromatic heterocycles. The predicted molar refractivity (Wildman–Crippen MR) is 69.9 cm³/mol. The number of amides is 1. The van der Waals surface area contributed by atoms with Gasteiger partial charge >= 0.3 is 0 Å². The van der Waals surface area contributed by atoms with Gasteiger partial charge < -0.3 is 10.6 Å². The van der Waals surface area contributed by atoms with Gasteiger partial charge in [-0.05, 0) is 36.1 Å². The van der Waals surface area contributed by atoms with Gasteiger partial charge in [0.15, 0.2) is 0 Å². The molecule has 1 amide bonds. The van der Waals surface area contributed by atoms with Crippen LogP contribution in [0.2, 0.25) is 0 Å². The third-order valence-corrected chi connectivity index (χ3v) is 3.08. The third kappa shape index (κ3) is 2.88. The number of anilines is 1. The minimum absolute atomic E-state index is 0.127. The number of fused-ring (bicyclic) bond motifs is 1. The monoisotopic (exact) mass is 250 g/mol. The van der Waals surface area contributed by atoms with E-state index >= 15 is 0 Å². The second kappa shape index (κ2) is 5.48. The lowest BCUT2D eigenvalue weighted by molar-refractivity contribution is -0.116. The second-order valence-electron chi connectivity index (χ2n) is 5.14. The summed E-state index contributed by atoms with van der Waals surface area (Å²) in [5, 5.41) is 5.86. The number of carbonyl (C=O) groups excluding carboxylic acids is 1. The van der Waals surface area contributed by atoms with Crippen LogP contribution in [0.1, 0.15) is 31.4 Å². The van der Waals surface area contributed by atoms with Gasteiger partial charge in [0.2, 0.25) is 5.91 Å². The van der Waals surface area contributed by atoms with Gasteiger partial charge in [0.05, 0.1) is 5.69 Å². The van der Waals surface area contributed by atoms with Gasteiger partial charge in [-0.3, -0.25) is 4.79 Å². The minimum atomic E-state index is -0.272. The lowest BCUT2D eigenvalue weighted by Gasteiger charge is -2.19. The fourth-order valence-corrected chi connectivity index (χ4v) is 2.20. The number of halogens is 1. The maximum atomic E-state index is 14.2. The van der Waals surface area contributed by atoms with Gasteiger partial charge in [-0.1, -0.05) is 19.9 Å². The van der Waals surface area contributed by atoms with E-state index in [9.17, 15) is 9.18 Å². The van der Waals surface area contributed by atoms with Crippen LogP contribution in [0.4, 0.5) is 10.1 Å². The standard InChI is InChI=1S/C14H19FN2O/c1-9(2)7-13(18)17-12-4-3-10-8-16-6-5-11(10)14(12)15/h3-4,9,16H,5-8H2,1-2H3,(H,17,18). The highest BCUT2D eigenvalue weighted by Crippen LogP contribution is 2.24. The zero-order valence-electron chi connectivity index (χ0n) is 10.8. The first-order chi connectivity index (χ1) is 8.58. The molecule has 0 saturated carbocycles. The Labute approximate surface area is 107 Å². The molecule has 1 aromatic rings. The molecule has 0 saturated heterocycles. The summed E-state index contributed by atoms with van der Waals surface area (Å²) in [7, 11) is 0. The number of hydrogen-bond donors (Lipinski definition) is 2. The molecule has 3 nitrogen and oxygen atoms in total. The molecule has 0 bridgehead atoms. The van der Waals surface area contributed by atoms with Crippen LogP contribution in [-0.2, 0) is 17.8 Å². The third-order valence-electron chi connectivity index (χ3n) is 3.08. The van der Waals surface area contributed by atoms with Gasteiger partial charge in [0.1, 0.15) is 5.82 Å². The van der Waals surface area contributed by atoms with Crippen LogP contribution in [-0.4, -0.2) is 12.5 Å². The van der Waals surface area contributed by atoms with Crippen molar-refractivity contribution < 1.29 is 9.18 Å². The van der Waals surface area contributed by atoms with Crippen LogP contribution in [0, 0.1) is 11.7 Å². The molecule has 0 spiro atoms. The number of hydrogen-bond acceptors (Lipinski definition) is 2. The van der Waals surface area contributed by atoms with Crippen LogP contribution >= 0.6 is 0 Å². The van der Waals surface area contributed by atoms with Crippen LogP contribution in [0.3, 0.4) is 0 Å². The van der Waals surface area contributed by atoms with Gasteiger partial charge in [0.25, 0.3) is 0 Å². The molecule has 1 aliphatic heterocycles. The first kappa shape index (κ1) is 13.0. The van der Waals surface area contributed by atoms with Crippen molar-refractivity contribution >= 4 is 11.6 Å². The van der Waals surface area contributed by atoms with Crippen molar-refractivity contribution in [3.05, 3.63) is 29.1 Å². The van der Waals surface area contributed by atoms with Gasteiger partial charge in [-0.15, -0.1) is 0 Å². The number of nitrogens with one attached hydrogen (secondary N) is 2. The predicted octanol–water partition coefficient (Wildman–Crippen LogP) is 2.46. The quantitative estimate of drug-likeness (QED) is 0.865. The molecule has 18 heavy (non-hydrogen) atoms. The molecule has 0 atom stereocenters. The summed E-state index contributed by atoms with van der Waals surface area (Å²) in [5.74, 6) is -0.126. The van der Waals surface area contributed by atoms with Crippen molar-refractivity contribution in [1.29, 1.82) is 0 Å². The van der Waals surface area contributed by atoms with Crippen molar-refractivity contribution in [1.82, 2.24) is 5.32 Å². The Balaban J connectivity index is 2.16. The largest absolute Gasteiger partial charge is 0.324 e. The molecule has 0 aliphatic carbocycles. The van der Waals surface area contributed by atoms with E-state index in [2.05, 4.69) is 10.6 Å². The summed E-state index contributed by atoms with van der Waals surface area (Å²) in [6.07, 6.45) is 1.09. The first-order valence-corrected chi connectivity index (χ1v) is 6.38. The van der Waals surface area contributed by atoms with E-state index in [-0.39, 0.29) is 17.6 Å². The molecular weight excluding hydrogens is 231 g/mol. The van der Waals surface area contributed by atoms with Crippen molar-refractivity contribution in [2.45, 2.75) is 33.2 Å². The smallest absolute Gasteiger partial charge is 0.224 e. The zero-order valence-corrected chi connectivity index (χ0v) is 10.8. The Kier molecular flexibility index (Phi) is 3.97. The highest BCUT2D eigenvalue weighted by atomic mass is 19.1. The van der Waals surface area contributed by atoms with E-state index in [0.717, 1.165) is 17.7 Å². The molecule has 4 heteroatoms. The van der Waals surface area contributed by atoms with Crippen molar-refractivity contribution in [2.75, 3.05) is 11.9 Å². The lowest BCUT2D eigenvalue weighted by atomic mass is 9.99. The zero-order chi connectivity index (χ0) is 13.1. The Morgan fingerprint density at radius 2 is 2.28 bits per heavy atom. The SMILES string of the molecule is CC(C)CC(=O)Nc1ccc2c(c1F)CCNC2. The number of benzene rings is 1. The maximum absolute atomic E-state index is 14.2. The van der Waals surface area contributed by atoms with Crippen LogP contribution < -0.4 is 10.6 Å². The van der Waals surface area contributed by atoms with E-state index in [4.69, 9.17) is 0 Å². The first-order valence-electron chi connectivity index (χ1n) is 6.38. The molecule has 1 aromatic carbocycles. The molecule has 2 rings (SSSR count). The summed E-state index contributed by atoms with van der Waals surface area (Å²) < 4.78 is 14.2. The van der Waals surface area contributed by atoms with E-state index in [1.165, 1.54) is 0 Å². The maximum Gasteiger partial charge on any atom is 0.224 e.